The van der Waals surface area contributed by atoms with Crippen molar-refractivity contribution in [3.63, 3.8) is 0 Å². The van der Waals surface area contributed by atoms with Crippen LogP contribution in [0.3, 0.4) is 0 Å². The van der Waals surface area contributed by atoms with E-state index in [4.69, 9.17) is 0 Å². The minimum Gasteiger partial charge on any atom is -0.207 e. The van der Waals surface area contributed by atoms with E-state index in [0.717, 1.165) is 0 Å². The zero-order chi connectivity index (χ0) is 42.8. The SMILES string of the molecule is Fc1cc(F)c(-c2ccc3c(c2)C2(c4cc(-c5c(F)cc(F)cc5F)ccc4-3)c3cc(-c4c(F)cc(F)cc4F)ccc3-c3ccc(-c4c(F)cc(F)cc4F)cc32)c(F)c1. The average Bonchev–Trinajstić information content (AvgIpc) is 3.62. The van der Waals surface area contributed by atoms with Crippen molar-refractivity contribution in [2.24, 2.45) is 0 Å². The lowest BCUT2D eigenvalue weighted by atomic mass is 9.69. The van der Waals surface area contributed by atoms with Gasteiger partial charge in [0.05, 0.1) is 27.7 Å². The van der Waals surface area contributed by atoms with Crippen LogP contribution in [0.4, 0.5) is 52.7 Å². The molecule has 0 nitrogen and oxygen atoms in total. The Kier molecular flexibility index (Phi) is 8.42. The monoisotopic (exact) mass is 836 g/mol. The molecule has 0 heterocycles. The maximum absolute atomic E-state index is 15.5. The van der Waals surface area contributed by atoms with Crippen molar-refractivity contribution in [3.8, 4) is 66.8 Å². The Morgan fingerprint density at radius 3 is 0.590 bits per heavy atom. The Morgan fingerprint density at radius 1 is 0.230 bits per heavy atom. The number of hydrogen-bond donors (Lipinski definition) is 0. The molecule has 0 unspecified atom stereocenters. The van der Waals surface area contributed by atoms with Crippen LogP contribution < -0.4 is 0 Å². The molecule has 1 spiro atoms. The summed E-state index contributed by atoms with van der Waals surface area (Å²) in [7, 11) is 0. The van der Waals surface area contributed by atoms with E-state index in [1.807, 2.05) is 0 Å². The van der Waals surface area contributed by atoms with E-state index in [1.165, 1.54) is 72.8 Å². The maximum atomic E-state index is 15.5. The van der Waals surface area contributed by atoms with Gasteiger partial charge in [-0.3, -0.25) is 0 Å². The van der Waals surface area contributed by atoms with Crippen LogP contribution >= 0.6 is 0 Å². The van der Waals surface area contributed by atoms with Gasteiger partial charge >= 0.3 is 0 Å². The fourth-order valence-corrected chi connectivity index (χ4v) is 9.12. The highest BCUT2D eigenvalue weighted by atomic mass is 19.2. The van der Waals surface area contributed by atoms with Gasteiger partial charge in [0.15, 0.2) is 0 Å². The zero-order valence-electron chi connectivity index (χ0n) is 30.6. The summed E-state index contributed by atoms with van der Waals surface area (Å²) in [6.45, 7) is 0. The largest absolute Gasteiger partial charge is 0.207 e. The summed E-state index contributed by atoms with van der Waals surface area (Å²) in [5.41, 5.74) is -2.62. The second kappa shape index (κ2) is 13.5. The van der Waals surface area contributed by atoms with Crippen molar-refractivity contribution in [2.75, 3.05) is 0 Å². The number of halogens is 12. The van der Waals surface area contributed by atoms with Gasteiger partial charge in [-0.2, -0.15) is 0 Å². The second-order valence-corrected chi connectivity index (χ2v) is 14.8. The third kappa shape index (κ3) is 5.57. The van der Waals surface area contributed by atoms with E-state index in [2.05, 4.69) is 0 Å². The van der Waals surface area contributed by atoms with Crippen molar-refractivity contribution >= 4 is 0 Å². The third-order valence-electron chi connectivity index (χ3n) is 11.5. The summed E-state index contributed by atoms with van der Waals surface area (Å²) in [4.78, 5) is 0. The van der Waals surface area contributed by atoms with E-state index >= 15 is 35.1 Å². The van der Waals surface area contributed by atoms with Crippen LogP contribution in [-0.4, -0.2) is 0 Å². The van der Waals surface area contributed by atoms with E-state index in [1.54, 1.807) is 0 Å². The van der Waals surface area contributed by atoms with Crippen molar-refractivity contribution in [2.45, 2.75) is 5.41 Å². The van der Waals surface area contributed by atoms with Gasteiger partial charge in [-0.15, -0.1) is 0 Å². The summed E-state index contributed by atoms with van der Waals surface area (Å²) >= 11 is 0. The zero-order valence-corrected chi connectivity index (χ0v) is 30.6. The van der Waals surface area contributed by atoms with E-state index in [0.29, 0.717) is 70.8 Å². The molecule has 0 radical (unpaired) electrons. The molecule has 0 atom stereocenters. The fourth-order valence-electron chi connectivity index (χ4n) is 9.12. The number of hydrogen-bond acceptors (Lipinski definition) is 0. The molecule has 12 heteroatoms. The molecule has 0 bridgehead atoms. The molecule has 61 heavy (non-hydrogen) atoms. The molecule has 300 valence electrons. The van der Waals surface area contributed by atoms with Gasteiger partial charge in [0.2, 0.25) is 0 Å². The Bertz CT molecular complexity index is 2720. The van der Waals surface area contributed by atoms with Gasteiger partial charge in [-0.1, -0.05) is 48.5 Å². The van der Waals surface area contributed by atoms with Crippen LogP contribution in [0, 0.1) is 69.8 Å². The molecule has 10 rings (SSSR count). The summed E-state index contributed by atoms with van der Waals surface area (Å²) in [5.74, 6) is -15.0. The molecular weight excluding hydrogens is 817 g/mol. The van der Waals surface area contributed by atoms with Crippen LogP contribution in [0.5, 0.6) is 0 Å². The Balaban J connectivity index is 1.36. The molecular formula is C49H20F12. The standard InChI is InChI=1S/C49H20F12/c50-25-13-37(54)45(38(55)14-25)21-1-5-29-30-6-2-22(46-39(56)15-26(51)16-40(46)57)10-34(30)49(33(29)9-21)35-11-23(47-41(58)17-27(52)18-42(47)59)3-7-31(35)32-8-4-24(12-36(32)49)48-43(60)19-28(53)20-44(48)61/h1-20H. The maximum Gasteiger partial charge on any atom is 0.136 e. The quantitative estimate of drug-likeness (QED) is 0.155. The molecule has 8 aromatic carbocycles. The molecule has 0 fully saturated rings. The van der Waals surface area contributed by atoms with Crippen molar-refractivity contribution in [1.82, 2.24) is 0 Å². The van der Waals surface area contributed by atoms with Gasteiger partial charge in [0.1, 0.15) is 69.8 Å². The van der Waals surface area contributed by atoms with Crippen LogP contribution in [0.1, 0.15) is 22.3 Å². The van der Waals surface area contributed by atoms with Gasteiger partial charge in [0.25, 0.3) is 0 Å². The number of rotatable bonds is 4. The summed E-state index contributed by atoms with van der Waals surface area (Å²) in [6.07, 6.45) is 0. The third-order valence-corrected chi connectivity index (χ3v) is 11.5. The van der Waals surface area contributed by atoms with Crippen LogP contribution in [0.2, 0.25) is 0 Å². The summed E-state index contributed by atoms with van der Waals surface area (Å²) < 4.78 is 181. The predicted molar refractivity (Wildman–Crippen MR) is 204 cm³/mol. The lowest BCUT2D eigenvalue weighted by Crippen LogP contribution is -2.26. The van der Waals surface area contributed by atoms with Crippen LogP contribution in [0.15, 0.2) is 121 Å². The summed E-state index contributed by atoms with van der Waals surface area (Å²) in [6, 6.07) is 20.7. The lowest BCUT2D eigenvalue weighted by molar-refractivity contribution is 0.547. The Labute approximate surface area is 337 Å². The van der Waals surface area contributed by atoms with Gasteiger partial charge in [-0.05, 0) is 91.0 Å². The smallest absolute Gasteiger partial charge is 0.136 e. The normalized spacial score (nSPS) is 13.0. The summed E-state index contributed by atoms with van der Waals surface area (Å²) in [5, 5.41) is 0. The van der Waals surface area contributed by atoms with Gasteiger partial charge in [-0.25, -0.2) is 52.7 Å². The first-order valence-electron chi connectivity index (χ1n) is 18.3. The highest BCUT2D eigenvalue weighted by Gasteiger charge is 2.52. The van der Waals surface area contributed by atoms with Crippen LogP contribution in [0.25, 0.3) is 66.8 Å². The molecule has 2 aliphatic rings. The minimum absolute atomic E-state index is 0.120. The first-order chi connectivity index (χ1) is 29.1. The number of fused-ring (bicyclic) bond motifs is 10. The molecule has 0 saturated carbocycles. The molecule has 8 aromatic rings. The fraction of sp³-hybridized carbons (Fsp3) is 0.0204. The molecule has 0 amide bonds. The van der Waals surface area contributed by atoms with Crippen molar-refractivity contribution < 1.29 is 52.7 Å². The Morgan fingerprint density at radius 2 is 0.410 bits per heavy atom. The molecule has 0 N–H and O–H groups in total. The van der Waals surface area contributed by atoms with Crippen LogP contribution in [-0.2, 0) is 5.41 Å². The van der Waals surface area contributed by atoms with Gasteiger partial charge < -0.3 is 0 Å². The topological polar surface area (TPSA) is 0 Å². The first-order valence-corrected chi connectivity index (χ1v) is 18.3. The highest BCUT2D eigenvalue weighted by Crippen LogP contribution is 2.64. The van der Waals surface area contributed by atoms with E-state index in [9.17, 15) is 17.6 Å². The highest BCUT2D eigenvalue weighted by molar-refractivity contribution is 5.98. The average molecular weight is 837 g/mol. The van der Waals surface area contributed by atoms with Crippen molar-refractivity contribution in [1.29, 1.82) is 0 Å². The molecule has 0 aliphatic heterocycles. The molecule has 2 aliphatic carbocycles. The van der Waals surface area contributed by atoms with E-state index < -0.39 is 97.5 Å². The van der Waals surface area contributed by atoms with Gasteiger partial charge in [0, 0.05) is 48.5 Å². The first kappa shape index (κ1) is 38.1. The Hall–Kier alpha value is -7.08. The molecule has 0 aromatic heterocycles. The number of benzene rings is 8. The molecule has 0 saturated heterocycles. The lowest BCUT2D eigenvalue weighted by Gasteiger charge is -2.32. The van der Waals surface area contributed by atoms with Crippen molar-refractivity contribution in [3.05, 3.63) is 213 Å². The predicted octanol–water partition coefficient (Wildman–Crippen LogP) is 14.4. The second-order valence-electron chi connectivity index (χ2n) is 14.8. The van der Waals surface area contributed by atoms with E-state index in [-0.39, 0.29) is 44.5 Å². The minimum atomic E-state index is -1.84.